The van der Waals surface area contributed by atoms with Crippen LogP contribution in [0, 0.1) is 0 Å². The molecule has 0 bridgehead atoms. The highest BCUT2D eigenvalue weighted by molar-refractivity contribution is 6.20. The highest BCUT2D eigenvalue weighted by atomic mass is 35.5. The van der Waals surface area contributed by atoms with Gasteiger partial charge in [0.15, 0.2) is 0 Å². The first-order valence-electron chi connectivity index (χ1n) is 7.75. The third kappa shape index (κ3) is 8.00. The van der Waals surface area contributed by atoms with Crippen molar-refractivity contribution in [3.05, 3.63) is 35.4 Å². The number of alkyl halides is 1. The molecule has 0 aliphatic carbocycles. The first-order chi connectivity index (χ1) is 10.9. The Morgan fingerprint density at radius 2 is 1.65 bits per heavy atom. The molecule has 0 saturated heterocycles. The zero-order chi connectivity index (χ0) is 17.2. The molecule has 6 heteroatoms. The molecule has 0 radical (unpaired) electrons. The van der Waals surface area contributed by atoms with Crippen molar-refractivity contribution >= 4 is 23.5 Å². The molecule has 2 N–H and O–H groups in total. The number of hydrogen-bond donors (Lipinski definition) is 2. The molecule has 1 aliphatic rings. The Kier molecular flexibility index (Phi) is 8.66. The van der Waals surface area contributed by atoms with E-state index >= 15 is 0 Å². The molecule has 0 saturated carbocycles. The van der Waals surface area contributed by atoms with Crippen LogP contribution in [0.15, 0.2) is 24.3 Å². The molecule has 23 heavy (non-hydrogen) atoms. The Balaban J connectivity index is 0.000000241. The van der Waals surface area contributed by atoms with E-state index in [-0.39, 0.29) is 18.3 Å². The largest absolute Gasteiger partial charge is 0.481 e. The molecule has 2 rings (SSSR count). The number of carbonyl (C=O) groups is 2. The molecule has 0 unspecified atom stereocenters. The van der Waals surface area contributed by atoms with E-state index in [0.717, 1.165) is 19.4 Å². The van der Waals surface area contributed by atoms with Crippen LogP contribution in [0.5, 0.6) is 0 Å². The summed E-state index contributed by atoms with van der Waals surface area (Å²) in [5, 5.41) is 16.3. The zero-order valence-corrected chi connectivity index (χ0v) is 14.1. The maximum Gasteiger partial charge on any atom is 0.303 e. The van der Waals surface area contributed by atoms with Crippen molar-refractivity contribution in [3.63, 3.8) is 0 Å². The van der Waals surface area contributed by atoms with Crippen LogP contribution in [0.4, 0.5) is 0 Å². The number of halogens is 1. The van der Waals surface area contributed by atoms with E-state index in [2.05, 4.69) is 36.2 Å². The standard InChI is InChI=1S/C11H14ClN.C6H10O4/c1-13-7-6-9-4-2-3-5-10(9)8-11(13)12;7-5(8)3-1-2-4-6(9)10/h2-5,11H,6-8H2,1H3;1-4H2,(H,7,8)(H,9,10)/t11-;/m1./s1. The van der Waals surface area contributed by atoms with Gasteiger partial charge in [-0.3, -0.25) is 14.5 Å². The average molecular weight is 342 g/mol. The Bertz CT molecular complexity index is 505. The lowest BCUT2D eigenvalue weighted by Crippen LogP contribution is -2.28. The zero-order valence-electron chi connectivity index (χ0n) is 13.4. The lowest BCUT2D eigenvalue weighted by Gasteiger charge is -2.18. The molecule has 0 amide bonds. The third-order valence-electron chi connectivity index (χ3n) is 3.75. The van der Waals surface area contributed by atoms with E-state index < -0.39 is 11.9 Å². The summed E-state index contributed by atoms with van der Waals surface area (Å²) in [4.78, 5) is 22.0. The van der Waals surface area contributed by atoms with Gasteiger partial charge in [-0.05, 0) is 37.4 Å². The molecule has 0 aromatic heterocycles. The first kappa shape index (κ1) is 19.5. The van der Waals surface area contributed by atoms with Crippen LogP contribution < -0.4 is 0 Å². The number of rotatable bonds is 5. The molecular weight excluding hydrogens is 318 g/mol. The Morgan fingerprint density at radius 1 is 1.13 bits per heavy atom. The summed E-state index contributed by atoms with van der Waals surface area (Å²) in [6, 6.07) is 8.59. The van der Waals surface area contributed by atoms with Crippen LogP contribution in [-0.2, 0) is 22.4 Å². The summed E-state index contributed by atoms with van der Waals surface area (Å²) in [6.45, 7) is 1.06. The van der Waals surface area contributed by atoms with E-state index in [9.17, 15) is 9.59 Å². The third-order valence-corrected chi connectivity index (χ3v) is 4.24. The molecular formula is C17H24ClNO4. The van der Waals surface area contributed by atoms with E-state index in [4.69, 9.17) is 21.8 Å². The van der Waals surface area contributed by atoms with Gasteiger partial charge in [0.1, 0.15) is 0 Å². The van der Waals surface area contributed by atoms with Crippen molar-refractivity contribution in [3.8, 4) is 0 Å². The summed E-state index contributed by atoms with van der Waals surface area (Å²) < 4.78 is 0. The average Bonchev–Trinajstić information content (AvgIpc) is 2.64. The van der Waals surface area contributed by atoms with Crippen LogP contribution in [0.3, 0.4) is 0 Å². The van der Waals surface area contributed by atoms with Crippen molar-refractivity contribution in [1.29, 1.82) is 0 Å². The maximum atomic E-state index is 9.90. The smallest absolute Gasteiger partial charge is 0.303 e. The van der Waals surface area contributed by atoms with E-state index in [1.807, 2.05) is 0 Å². The lowest BCUT2D eigenvalue weighted by atomic mass is 10.0. The second-order valence-corrected chi connectivity index (χ2v) is 6.14. The van der Waals surface area contributed by atoms with Gasteiger partial charge in [0.25, 0.3) is 0 Å². The number of carboxylic acid groups (broad SMARTS) is 2. The normalized spacial score (nSPS) is 17.4. The van der Waals surface area contributed by atoms with Crippen LogP contribution >= 0.6 is 11.6 Å². The van der Waals surface area contributed by atoms with Crippen molar-refractivity contribution in [2.75, 3.05) is 13.6 Å². The minimum absolute atomic E-state index is 0.0628. The SMILES string of the molecule is CN1CCc2ccccc2C[C@@H]1Cl.O=C(O)CCCCC(=O)O. The van der Waals surface area contributed by atoms with Crippen molar-refractivity contribution < 1.29 is 19.8 Å². The lowest BCUT2D eigenvalue weighted by molar-refractivity contribution is -0.139. The van der Waals surface area contributed by atoms with Crippen molar-refractivity contribution in [1.82, 2.24) is 4.90 Å². The number of hydrogen-bond acceptors (Lipinski definition) is 3. The van der Waals surface area contributed by atoms with Crippen LogP contribution in [-0.4, -0.2) is 46.1 Å². The number of benzene rings is 1. The molecule has 128 valence electrons. The summed E-state index contributed by atoms with van der Waals surface area (Å²) >= 11 is 6.23. The van der Waals surface area contributed by atoms with Crippen LogP contribution in [0.2, 0.25) is 0 Å². The number of carboxylic acids is 2. The fourth-order valence-electron chi connectivity index (χ4n) is 2.33. The summed E-state index contributed by atoms with van der Waals surface area (Å²) in [7, 11) is 2.09. The van der Waals surface area contributed by atoms with Gasteiger partial charge in [0.2, 0.25) is 0 Å². The summed E-state index contributed by atoms with van der Waals surface area (Å²) in [5.41, 5.74) is 3.02. The van der Waals surface area contributed by atoms with Crippen molar-refractivity contribution in [2.45, 2.75) is 44.0 Å². The van der Waals surface area contributed by atoms with Gasteiger partial charge < -0.3 is 10.2 Å². The van der Waals surface area contributed by atoms with Gasteiger partial charge in [-0.2, -0.15) is 0 Å². The molecule has 1 aliphatic heterocycles. The Hall–Kier alpha value is -1.59. The highest BCUT2D eigenvalue weighted by Gasteiger charge is 2.17. The highest BCUT2D eigenvalue weighted by Crippen LogP contribution is 2.20. The number of likely N-dealkylation sites (N-methyl/N-ethyl adjacent to an activating group) is 1. The minimum atomic E-state index is -0.870. The second-order valence-electron chi connectivity index (χ2n) is 5.63. The molecule has 0 spiro atoms. The molecule has 1 atom stereocenters. The molecule has 5 nitrogen and oxygen atoms in total. The molecule has 1 aromatic rings. The Labute approximate surface area is 141 Å². The van der Waals surface area contributed by atoms with Gasteiger partial charge in [0, 0.05) is 25.8 Å². The number of fused-ring (bicyclic) bond motifs is 1. The van der Waals surface area contributed by atoms with Crippen molar-refractivity contribution in [2.24, 2.45) is 0 Å². The predicted molar refractivity (Wildman–Crippen MR) is 89.9 cm³/mol. The first-order valence-corrected chi connectivity index (χ1v) is 8.18. The summed E-state index contributed by atoms with van der Waals surface area (Å²) in [5.74, 6) is -1.74. The minimum Gasteiger partial charge on any atom is -0.481 e. The molecule has 0 fully saturated rings. The van der Waals surface area contributed by atoms with Gasteiger partial charge in [-0.15, -0.1) is 11.6 Å². The van der Waals surface area contributed by atoms with Gasteiger partial charge in [-0.1, -0.05) is 24.3 Å². The van der Waals surface area contributed by atoms with Crippen LogP contribution in [0.1, 0.15) is 36.8 Å². The summed E-state index contributed by atoms with van der Waals surface area (Å²) in [6.07, 6.45) is 3.11. The van der Waals surface area contributed by atoms with Gasteiger partial charge in [0.05, 0.1) is 5.50 Å². The monoisotopic (exact) mass is 341 g/mol. The number of unbranched alkanes of at least 4 members (excludes halogenated alkanes) is 1. The number of aliphatic carboxylic acids is 2. The van der Waals surface area contributed by atoms with Crippen LogP contribution in [0.25, 0.3) is 0 Å². The van der Waals surface area contributed by atoms with E-state index in [1.165, 1.54) is 11.1 Å². The fraction of sp³-hybridized carbons (Fsp3) is 0.529. The molecule has 1 aromatic carbocycles. The van der Waals surface area contributed by atoms with Gasteiger partial charge in [-0.25, -0.2) is 0 Å². The van der Waals surface area contributed by atoms with Gasteiger partial charge >= 0.3 is 11.9 Å². The maximum absolute atomic E-state index is 9.90. The second kappa shape index (κ2) is 10.2. The molecule has 1 heterocycles. The van der Waals surface area contributed by atoms with E-state index in [0.29, 0.717) is 12.8 Å². The number of nitrogens with zero attached hydrogens (tertiary/aromatic N) is 1. The Morgan fingerprint density at radius 3 is 2.17 bits per heavy atom. The van der Waals surface area contributed by atoms with E-state index in [1.54, 1.807) is 0 Å². The quantitative estimate of drug-likeness (QED) is 0.489. The fourth-order valence-corrected chi connectivity index (χ4v) is 2.59. The predicted octanol–water partition coefficient (Wildman–Crippen LogP) is 3.00. The topological polar surface area (TPSA) is 77.8 Å².